The van der Waals surface area contributed by atoms with E-state index < -0.39 is 11.6 Å². The number of amides is 4. The lowest BCUT2D eigenvalue weighted by Gasteiger charge is -2.38. The minimum atomic E-state index is -0.915. The number of likely N-dealkylation sites (tertiary alicyclic amines) is 1. The van der Waals surface area contributed by atoms with Gasteiger partial charge in [0, 0.05) is 24.2 Å². The standard InChI is InChI=1S/C19H23Cl2N3O4/c1-11(2)24-17(26)19(22-18(24)27)6-8-23(9-7-19)16(25)12(3)28-15-5-4-13(20)10-14(15)21/h4-5,10-12H,6-9H2,1-3H3,(H,22,27). The van der Waals surface area contributed by atoms with Crippen molar-refractivity contribution in [1.82, 2.24) is 15.1 Å². The maximum Gasteiger partial charge on any atom is 0.325 e. The van der Waals surface area contributed by atoms with E-state index in [1.807, 2.05) is 0 Å². The van der Waals surface area contributed by atoms with E-state index in [4.69, 9.17) is 27.9 Å². The molecular weight excluding hydrogens is 405 g/mol. The largest absolute Gasteiger partial charge is 0.479 e. The van der Waals surface area contributed by atoms with E-state index in [-0.39, 0.29) is 23.9 Å². The molecule has 0 aromatic heterocycles. The molecule has 4 amide bonds. The van der Waals surface area contributed by atoms with Gasteiger partial charge >= 0.3 is 6.03 Å². The minimum Gasteiger partial charge on any atom is -0.479 e. The molecule has 2 fully saturated rings. The van der Waals surface area contributed by atoms with Crippen molar-refractivity contribution in [3.05, 3.63) is 28.2 Å². The van der Waals surface area contributed by atoms with Gasteiger partial charge in [-0.25, -0.2) is 4.79 Å². The molecule has 1 atom stereocenters. The molecule has 2 aliphatic heterocycles. The Hall–Kier alpha value is -1.99. The van der Waals surface area contributed by atoms with Crippen molar-refractivity contribution in [3.8, 4) is 5.75 Å². The molecule has 1 unspecified atom stereocenters. The van der Waals surface area contributed by atoms with Crippen LogP contribution in [-0.2, 0) is 9.59 Å². The second-order valence-electron chi connectivity index (χ2n) is 7.44. The fraction of sp³-hybridized carbons (Fsp3) is 0.526. The quantitative estimate of drug-likeness (QED) is 0.748. The molecule has 1 spiro atoms. The number of carbonyl (C=O) groups excluding carboxylic acids is 3. The van der Waals surface area contributed by atoms with Gasteiger partial charge < -0.3 is 15.0 Å². The summed E-state index contributed by atoms with van der Waals surface area (Å²) in [5, 5.41) is 3.64. The lowest BCUT2D eigenvalue weighted by molar-refractivity contribution is -0.143. The van der Waals surface area contributed by atoms with E-state index in [0.717, 1.165) is 0 Å². The van der Waals surface area contributed by atoms with Crippen molar-refractivity contribution in [2.24, 2.45) is 0 Å². The molecule has 152 valence electrons. The van der Waals surface area contributed by atoms with E-state index in [1.54, 1.807) is 43.9 Å². The molecule has 1 N–H and O–H groups in total. The Morgan fingerprint density at radius 3 is 2.36 bits per heavy atom. The third kappa shape index (κ3) is 3.78. The highest BCUT2D eigenvalue weighted by atomic mass is 35.5. The number of rotatable bonds is 4. The molecule has 2 saturated heterocycles. The normalized spacial score (nSPS) is 19.9. The summed E-state index contributed by atoms with van der Waals surface area (Å²) < 4.78 is 5.69. The second kappa shape index (κ2) is 7.79. The molecule has 0 bridgehead atoms. The Labute approximate surface area is 173 Å². The highest BCUT2D eigenvalue weighted by Gasteiger charge is 2.53. The number of benzene rings is 1. The summed E-state index contributed by atoms with van der Waals surface area (Å²) in [6.45, 7) is 5.98. The Kier molecular flexibility index (Phi) is 5.77. The average Bonchev–Trinajstić information content (AvgIpc) is 2.87. The van der Waals surface area contributed by atoms with E-state index in [0.29, 0.717) is 41.7 Å². The Morgan fingerprint density at radius 1 is 1.18 bits per heavy atom. The number of nitrogens with one attached hydrogen (secondary N) is 1. The third-order valence-corrected chi connectivity index (χ3v) is 5.71. The molecular formula is C19H23Cl2N3O4. The number of hydrogen-bond donors (Lipinski definition) is 1. The highest BCUT2D eigenvalue weighted by Crippen LogP contribution is 2.32. The molecule has 3 rings (SSSR count). The molecule has 9 heteroatoms. The number of nitrogens with zero attached hydrogens (tertiary/aromatic N) is 2. The zero-order valence-electron chi connectivity index (χ0n) is 16.0. The van der Waals surface area contributed by atoms with Crippen LogP contribution < -0.4 is 10.1 Å². The Balaban J connectivity index is 1.62. The lowest BCUT2D eigenvalue weighted by Crippen LogP contribution is -2.57. The molecule has 1 aromatic rings. The molecule has 1 aromatic carbocycles. The highest BCUT2D eigenvalue weighted by molar-refractivity contribution is 6.35. The van der Waals surface area contributed by atoms with Crippen LogP contribution in [0, 0.1) is 0 Å². The summed E-state index contributed by atoms with van der Waals surface area (Å²) in [5.41, 5.74) is -0.915. The number of urea groups is 1. The summed E-state index contributed by atoms with van der Waals surface area (Å²) in [6, 6.07) is 4.24. The van der Waals surface area contributed by atoms with E-state index >= 15 is 0 Å². The van der Waals surface area contributed by atoms with Gasteiger partial charge in [-0.15, -0.1) is 0 Å². The van der Waals surface area contributed by atoms with Gasteiger partial charge in [0.25, 0.3) is 11.8 Å². The van der Waals surface area contributed by atoms with Gasteiger partial charge in [-0.1, -0.05) is 23.2 Å². The van der Waals surface area contributed by atoms with Gasteiger partial charge in [0.2, 0.25) is 0 Å². The number of carbonyl (C=O) groups is 3. The van der Waals surface area contributed by atoms with E-state index in [1.165, 1.54) is 4.90 Å². The van der Waals surface area contributed by atoms with Gasteiger partial charge in [0.15, 0.2) is 6.10 Å². The summed E-state index contributed by atoms with van der Waals surface area (Å²) in [4.78, 5) is 40.6. The van der Waals surface area contributed by atoms with Crippen LogP contribution in [0.3, 0.4) is 0 Å². The van der Waals surface area contributed by atoms with Crippen molar-refractivity contribution in [3.63, 3.8) is 0 Å². The fourth-order valence-electron chi connectivity index (χ4n) is 3.63. The summed E-state index contributed by atoms with van der Waals surface area (Å²) in [5.74, 6) is -0.0265. The molecule has 2 heterocycles. The van der Waals surface area contributed by atoms with Gasteiger partial charge in [-0.2, -0.15) is 0 Å². The zero-order valence-corrected chi connectivity index (χ0v) is 17.5. The maximum atomic E-state index is 12.8. The Bertz CT molecular complexity index is 806. The van der Waals surface area contributed by atoms with Gasteiger partial charge in [0.1, 0.15) is 11.3 Å². The molecule has 0 saturated carbocycles. The van der Waals surface area contributed by atoms with Crippen molar-refractivity contribution in [2.75, 3.05) is 13.1 Å². The van der Waals surface area contributed by atoms with Crippen LogP contribution in [0.25, 0.3) is 0 Å². The number of halogens is 2. The molecule has 2 aliphatic rings. The average molecular weight is 428 g/mol. The van der Waals surface area contributed by atoms with Crippen molar-refractivity contribution in [2.45, 2.75) is 51.3 Å². The summed E-state index contributed by atoms with van der Waals surface area (Å²) in [6.07, 6.45) is 0.0100. The first-order chi connectivity index (χ1) is 13.1. The van der Waals surface area contributed by atoms with Crippen LogP contribution in [0.1, 0.15) is 33.6 Å². The summed E-state index contributed by atoms with van der Waals surface area (Å²) >= 11 is 12.0. The Morgan fingerprint density at radius 2 is 1.82 bits per heavy atom. The number of piperidine rings is 1. The first-order valence-corrected chi connectivity index (χ1v) is 9.96. The van der Waals surface area contributed by atoms with Crippen LogP contribution in [0.4, 0.5) is 4.79 Å². The van der Waals surface area contributed by atoms with E-state index in [9.17, 15) is 14.4 Å². The van der Waals surface area contributed by atoms with Crippen LogP contribution in [-0.4, -0.2) is 58.4 Å². The van der Waals surface area contributed by atoms with Crippen LogP contribution in [0.2, 0.25) is 10.0 Å². The van der Waals surface area contributed by atoms with Crippen molar-refractivity contribution >= 4 is 41.0 Å². The first kappa shape index (κ1) is 20.7. The lowest BCUT2D eigenvalue weighted by atomic mass is 9.87. The SMILES string of the molecule is CC(Oc1ccc(Cl)cc1Cl)C(=O)N1CCC2(CC1)NC(=O)N(C(C)C)C2=O. The predicted molar refractivity (Wildman–Crippen MR) is 106 cm³/mol. The number of hydrogen-bond acceptors (Lipinski definition) is 4. The van der Waals surface area contributed by atoms with Gasteiger partial charge in [-0.3, -0.25) is 14.5 Å². The topological polar surface area (TPSA) is 79.0 Å². The summed E-state index contributed by atoms with van der Waals surface area (Å²) in [7, 11) is 0. The maximum absolute atomic E-state index is 12.8. The van der Waals surface area contributed by atoms with Crippen LogP contribution >= 0.6 is 23.2 Å². The number of imide groups is 1. The minimum absolute atomic E-state index is 0.196. The monoisotopic (exact) mass is 427 g/mol. The predicted octanol–water partition coefficient (Wildman–Crippen LogP) is 3.08. The molecule has 7 nitrogen and oxygen atoms in total. The number of ether oxygens (including phenoxy) is 1. The fourth-order valence-corrected chi connectivity index (χ4v) is 4.08. The van der Waals surface area contributed by atoms with Crippen LogP contribution in [0.15, 0.2) is 18.2 Å². The third-order valence-electron chi connectivity index (χ3n) is 5.18. The van der Waals surface area contributed by atoms with Crippen LogP contribution in [0.5, 0.6) is 5.75 Å². The second-order valence-corrected chi connectivity index (χ2v) is 8.28. The zero-order chi connectivity index (χ0) is 20.6. The van der Waals surface area contributed by atoms with Gasteiger partial charge in [-0.05, 0) is 51.8 Å². The van der Waals surface area contributed by atoms with Gasteiger partial charge in [0.05, 0.1) is 5.02 Å². The van der Waals surface area contributed by atoms with Crippen molar-refractivity contribution < 1.29 is 19.1 Å². The molecule has 0 aliphatic carbocycles. The molecule has 0 radical (unpaired) electrons. The smallest absolute Gasteiger partial charge is 0.325 e. The first-order valence-electron chi connectivity index (χ1n) is 9.21. The van der Waals surface area contributed by atoms with E-state index in [2.05, 4.69) is 5.32 Å². The molecule has 28 heavy (non-hydrogen) atoms. The van der Waals surface area contributed by atoms with Crippen molar-refractivity contribution in [1.29, 1.82) is 0 Å².